The standard InChI is InChI=1S/C11H15NO/c1-8-5-4-6-9-7-11(9,2)12-10(8)13-3/h4-6,9H,7H2,1-3H3/b6-4-,8-5-,12-10?/t9-,11+/m1/s1. The zero-order valence-electron chi connectivity index (χ0n) is 8.37. The number of hydrogen-bond acceptors (Lipinski definition) is 2. The average molecular weight is 177 g/mol. The second kappa shape index (κ2) is 2.72. The van der Waals surface area contributed by atoms with Crippen LogP contribution in [0.2, 0.25) is 0 Å². The van der Waals surface area contributed by atoms with Crippen LogP contribution in [0.25, 0.3) is 0 Å². The summed E-state index contributed by atoms with van der Waals surface area (Å²) < 4.78 is 5.25. The lowest BCUT2D eigenvalue weighted by Gasteiger charge is -2.10. The van der Waals surface area contributed by atoms with Crippen LogP contribution in [0.15, 0.2) is 28.8 Å². The first-order valence-corrected chi connectivity index (χ1v) is 4.65. The molecule has 13 heavy (non-hydrogen) atoms. The number of hydrogen-bond donors (Lipinski definition) is 0. The van der Waals surface area contributed by atoms with Crippen molar-refractivity contribution < 1.29 is 4.74 Å². The van der Waals surface area contributed by atoms with Gasteiger partial charge in [-0.2, -0.15) is 0 Å². The monoisotopic (exact) mass is 177 g/mol. The van der Waals surface area contributed by atoms with Gasteiger partial charge in [-0.15, -0.1) is 0 Å². The molecule has 0 aromatic heterocycles. The molecule has 1 fully saturated rings. The number of rotatable bonds is 0. The number of ether oxygens (including phenoxy) is 1. The molecule has 2 nitrogen and oxygen atoms in total. The van der Waals surface area contributed by atoms with Crippen LogP contribution in [0.5, 0.6) is 0 Å². The fraction of sp³-hybridized carbons (Fsp3) is 0.545. The van der Waals surface area contributed by atoms with Gasteiger partial charge in [-0.1, -0.05) is 18.2 Å². The Balaban J connectivity index is 2.36. The first-order chi connectivity index (χ1) is 6.15. The van der Waals surface area contributed by atoms with Crippen LogP contribution >= 0.6 is 0 Å². The molecule has 70 valence electrons. The van der Waals surface area contributed by atoms with Crippen molar-refractivity contribution in [3.8, 4) is 0 Å². The summed E-state index contributed by atoms with van der Waals surface area (Å²) in [6, 6.07) is 0. The minimum atomic E-state index is 0.108. The Morgan fingerprint density at radius 1 is 1.62 bits per heavy atom. The van der Waals surface area contributed by atoms with Crippen molar-refractivity contribution in [3.05, 3.63) is 23.8 Å². The van der Waals surface area contributed by atoms with Gasteiger partial charge in [0.25, 0.3) is 0 Å². The lowest BCUT2D eigenvalue weighted by molar-refractivity contribution is 0.396. The molecular formula is C11H15NO. The topological polar surface area (TPSA) is 21.6 Å². The number of allylic oxidation sites excluding steroid dienone is 2. The van der Waals surface area contributed by atoms with Crippen molar-refractivity contribution >= 4 is 5.90 Å². The van der Waals surface area contributed by atoms with Gasteiger partial charge < -0.3 is 4.74 Å². The third-order valence-corrected chi connectivity index (χ3v) is 2.85. The van der Waals surface area contributed by atoms with Gasteiger partial charge in [0.2, 0.25) is 5.90 Å². The molecule has 0 radical (unpaired) electrons. The summed E-state index contributed by atoms with van der Waals surface area (Å²) in [5, 5.41) is 0. The van der Waals surface area contributed by atoms with E-state index in [1.165, 1.54) is 0 Å². The minimum Gasteiger partial charge on any atom is -0.481 e. The summed E-state index contributed by atoms with van der Waals surface area (Å²) in [6.07, 6.45) is 7.55. The molecule has 1 aliphatic carbocycles. The molecule has 0 saturated heterocycles. The fourth-order valence-corrected chi connectivity index (χ4v) is 1.72. The van der Waals surface area contributed by atoms with Crippen LogP contribution in [0.4, 0.5) is 0 Å². The molecule has 1 aliphatic heterocycles. The maximum atomic E-state index is 5.25. The van der Waals surface area contributed by atoms with Gasteiger partial charge in [-0.3, -0.25) is 0 Å². The zero-order valence-corrected chi connectivity index (χ0v) is 8.37. The Labute approximate surface area is 79.0 Å². The highest BCUT2D eigenvalue weighted by atomic mass is 16.5. The van der Waals surface area contributed by atoms with Crippen molar-refractivity contribution in [2.75, 3.05) is 7.11 Å². The molecular weight excluding hydrogens is 162 g/mol. The van der Waals surface area contributed by atoms with Crippen molar-refractivity contribution in [3.63, 3.8) is 0 Å². The Morgan fingerprint density at radius 2 is 2.38 bits per heavy atom. The molecule has 2 rings (SSSR count). The molecule has 0 bridgehead atoms. The second-order valence-corrected chi connectivity index (χ2v) is 4.02. The summed E-state index contributed by atoms with van der Waals surface area (Å²) >= 11 is 0. The van der Waals surface area contributed by atoms with Gasteiger partial charge in [-0.05, 0) is 20.3 Å². The summed E-state index contributed by atoms with van der Waals surface area (Å²) in [6.45, 7) is 4.21. The van der Waals surface area contributed by atoms with Crippen LogP contribution in [0.3, 0.4) is 0 Å². The Hall–Kier alpha value is -1.05. The molecule has 0 amide bonds. The second-order valence-electron chi connectivity index (χ2n) is 4.02. The van der Waals surface area contributed by atoms with Crippen molar-refractivity contribution in [2.24, 2.45) is 10.9 Å². The van der Waals surface area contributed by atoms with Crippen LogP contribution in [0.1, 0.15) is 20.3 Å². The molecule has 2 heteroatoms. The molecule has 0 spiro atoms. The van der Waals surface area contributed by atoms with E-state index in [-0.39, 0.29) is 5.54 Å². The van der Waals surface area contributed by atoms with Gasteiger partial charge in [0.1, 0.15) is 0 Å². The van der Waals surface area contributed by atoms with Gasteiger partial charge in [0.05, 0.1) is 12.6 Å². The van der Waals surface area contributed by atoms with Crippen LogP contribution in [-0.4, -0.2) is 18.5 Å². The molecule has 0 aromatic carbocycles. The fourth-order valence-electron chi connectivity index (χ4n) is 1.72. The summed E-state index contributed by atoms with van der Waals surface area (Å²) in [7, 11) is 1.68. The maximum absolute atomic E-state index is 5.25. The molecule has 1 saturated carbocycles. The lowest BCUT2D eigenvalue weighted by atomic mass is 10.1. The van der Waals surface area contributed by atoms with E-state index in [0.29, 0.717) is 5.92 Å². The summed E-state index contributed by atoms with van der Waals surface area (Å²) in [5.74, 6) is 1.40. The maximum Gasteiger partial charge on any atom is 0.211 e. The van der Waals surface area contributed by atoms with E-state index < -0.39 is 0 Å². The van der Waals surface area contributed by atoms with E-state index in [9.17, 15) is 0 Å². The summed E-state index contributed by atoms with van der Waals surface area (Å²) in [5.41, 5.74) is 1.21. The first kappa shape index (κ1) is 8.54. The molecule has 2 atom stereocenters. The third-order valence-electron chi connectivity index (χ3n) is 2.85. The lowest BCUT2D eigenvalue weighted by Crippen LogP contribution is -2.12. The van der Waals surface area contributed by atoms with E-state index in [1.54, 1.807) is 7.11 Å². The molecule has 0 aromatic rings. The van der Waals surface area contributed by atoms with E-state index in [1.807, 2.05) is 6.92 Å². The van der Waals surface area contributed by atoms with Gasteiger partial charge in [0, 0.05) is 11.5 Å². The number of methoxy groups -OCH3 is 1. The predicted octanol–water partition coefficient (Wildman–Crippen LogP) is 2.33. The highest BCUT2D eigenvalue weighted by molar-refractivity contribution is 5.93. The van der Waals surface area contributed by atoms with E-state index in [2.05, 4.69) is 30.1 Å². The average Bonchev–Trinajstić information content (AvgIpc) is 2.70. The van der Waals surface area contributed by atoms with E-state index in [0.717, 1.165) is 17.9 Å². The minimum absolute atomic E-state index is 0.108. The normalized spacial score (nSPS) is 43.2. The van der Waals surface area contributed by atoms with Crippen LogP contribution in [0, 0.1) is 5.92 Å². The Kier molecular flexibility index (Phi) is 1.79. The quantitative estimate of drug-likeness (QED) is 0.556. The highest BCUT2D eigenvalue weighted by Gasteiger charge is 2.49. The third kappa shape index (κ3) is 1.41. The van der Waals surface area contributed by atoms with Crippen molar-refractivity contribution in [1.82, 2.24) is 0 Å². The molecule has 0 unspecified atom stereocenters. The number of fused-ring (bicyclic) bond motifs is 1. The van der Waals surface area contributed by atoms with Gasteiger partial charge >= 0.3 is 0 Å². The van der Waals surface area contributed by atoms with E-state index in [4.69, 9.17) is 4.74 Å². The first-order valence-electron chi connectivity index (χ1n) is 4.65. The van der Waals surface area contributed by atoms with Crippen LogP contribution < -0.4 is 0 Å². The summed E-state index contributed by atoms with van der Waals surface area (Å²) in [4.78, 5) is 4.62. The number of aliphatic imine (C=N–C) groups is 1. The van der Waals surface area contributed by atoms with Crippen LogP contribution in [-0.2, 0) is 4.74 Å². The number of nitrogens with zero attached hydrogens (tertiary/aromatic N) is 1. The largest absolute Gasteiger partial charge is 0.481 e. The van der Waals surface area contributed by atoms with Gasteiger partial charge in [-0.25, -0.2) is 4.99 Å². The van der Waals surface area contributed by atoms with Crippen molar-refractivity contribution in [2.45, 2.75) is 25.8 Å². The van der Waals surface area contributed by atoms with Gasteiger partial charge in [0.15, 0.2) is 0 Å². The predicted molar refractivity (Wildman–Crippen MR) is 53.9 cm³/mol. The smallest absolute Gasteiger partial charge is 0.211 e. The zero-order chi connectivity index (χ0) is 9.47. The molecule has 0 N–H and O–H groups in total. The Bertz CT molecular complexity index is 314. The van der Waals surface area contributed by atoms with E-state index >= 15 is 0 Å². The SMILES string of the molecule is COC1=N[C@@]2(C)C[C@H]2/C=C\C=C/1C. The molecule has 2 aliphatic rings. The Morgan fingerprint density at radius 3 is 3.08 bits per heavy atom. The van der Waals surface area contributed by atoms with Crippen molar-refractivity contribution in [1.29, 1.82) is 0 Å². The molecule has 1 heterocycles. The highest BCUT2D eigenvalue weighted by Crippen LogP contribution is 2.48.